The van der Waals surface area contributed by atoms with Crippen LogP contribution in [0.4, 0.5) is 5.69 Å². The van der Waals surface area contributed by atoms with E-state index < -0.39 is 0 Å². The van der Waals surface area contributed by atoms with E-state index in [0.29, 0.717) is 11.3 Å². The van der Waals surface area contributed by atoms with Crippen LogP contribution in [-0.2, 0) is 17.6 Å². The zero-order valence-corrected chi connectivity index (χ0v) is 24.8. The Bertz CT molecular complexity index is 1180. The summed E-state index contributed by atoms with van der Waals surface area (Å²) in [4.78, 5) is 12.5. The molecule has 1 unspecified atom stereocenters. The zero-order chi connectivity index (χ0) is 27.5. The summed E-state index contributed by atoms with van der Waals surface area (Å²) < 4.78 is 6.74. The molecule has 0 N–H and O–H groups in total. The first-order valence-electron chi connectivity index (χ1n) is 14.3. The lowest BCUT2D eigenvalue weighted by atomic mass is 9.82. The molecule has 2 aromatic heterocycles. The number of hydrogen-bond donors (Lipinski definition) is 0. The van der Waals surface area contributed by atoms with Crippen molar-refractivity contribution in [3.8, 4) is 11.3 Å². The van der Waals surface area contributed by atoms with Gasteiger partial charge in [0.25, 0.3) is 0 Å². The van der Waals surface area contributed by atoms with Crippen LogP contribution >= 0.6 is 0 Å². The number of nitrogens with zero attached hydrogens (tertiary/aromatic N) is 3. The third-order valence-electron chi connectivity index (χ3n) is 7.74. The standard InChI is InChI=1S/C34H47N3O/c1-24(2)32(38-33(4,5)6)30-25(3)35-23-28(31(30)37-20-18-34(7,8)19-21-37)29-17-16-27(22-36-29)15-14-26-12-10-9-11-13-26/h9-13,16-17,22-24,32H,14-15,18-21H2,1-8H3. The highest BCUT2D eigenvalue weighted by atomic mass is 16.5. The van der Waals surface area contributed by atoms with Gasteiger partial charge in [-0.1, -0.05) is 64.1 Å². The fraction of sp³-hybridized carbons (Fsp3) is 0.529. The summed E-state index contributed by atoms with van der Waals surface area (Å²) in [5.41, 5.74) is 8.38. The number of piperidine rings is 1. The number of rotatable bonds is 8. The van der Waals surface area contributed by atoms with Crippen molar-refractivity contribution >= 4 is 5.69 Å². The number of benzene rings is 1. The van der Waals surface area contributed by atoms with Crippen molar-refractivity contribution in [3.05, 3.63) is 77.2 Å². The van der Waals surface area contributed by atoms with Crippen LogP contribution in [0.25, 0.3) is 11.3 Å². The summed E-state index contributed by atoms with van der Waals surface area (Å²) in [5, 5.41) is 0. The minimum atomic E-state index is -0.253. The van der Waals surface area contributed by atoms with Crippen LogP contribution in [0.3, 0.4) is 0 Å². The molecule has 0 bridgehead atoms. The molecule has 3 aromatic rings. The molecule has 1 aromatic carbocycles. The number of hydrogen-bond acceptors (Lipinski definition) is 4. The van der Waals surface area contributed by atoms with Crippen molar-refractivity contribution in [1.29, 1.82) is 0 Å². The molecule has 1 aliphatic rings. The molecule has 1 aliphatic heterocycles. The smallest absolute Gasteiger partial charge is 0.0892 e. The molecule has 0 amide bonds. The second-order valence-corrected chi connectivity index (χ2v) is 13.1. The van der Waals surface area contributed by atoms with Crippen molar-refractivity contribution in [2.75, 3.05) is 18.0 Å². The van der Waals surface area contributed by atoms with Gasteiger partial charge in [0.2, 0.25) is 0 Å². The van der Waals surface area contributed by atoms with E-state index in [2.05, 4.69) is 103 Å². The Morgan fingerprint density at radius 3 is 2.13 bits per heavy atom. The molecule has 1 fully saturated rings. The van der Waals surface area contributed by atoms with Crippen molar-refractivity contribution in [2.24, 2.45) is 11.3 Å². The van der Waals surface area contributed by atoms with Gasteiger partial charge in [-0.25, -0.2) is 0 Å². The van der Waals surface area contributed by atoms with Gasteiger partial charge in [0, 0.05) is 42.3 Å². The second-order valence-electron chi connectivity index (χ2n) is 13.1. The number of aryl methyl sites for hydroxylation is 3. The molecular weight excluding hydrogens is 466 g/mol. The van der Waals surface area contributed by atoms with E-state index in [1.54, 1.807) is 0 Å². The highest BCUT2D eigenvalue weighted by Crippen LogP contribution is 2.44. The molecule has 0 radical (unpaired) electrons. The fourth-order valence-electron chi connectivity index (χ4n) is 5.39. The predicted octanol–water partition coefficient (Wildman–Crippen LogP) is 8.38. The maximum Gasteiger partial charge on any atom is 0.0892 e. The van der Waals surface area contributed by atoms with Crippen LogP contribution in [-0.4, -0.2) is 28.7 Å². The van der Waals surface area contributed by atoms with Crippen LogP contribution in [0, 0.1) is 18.3 Å². The highest BCUT2D eigenvalue weighted by Gasteiger charge is 2.34. The van der Waals surface area contributed by atoms with Gasteiger partial charge in [-0.3, -0.25) is 9.97 Å². The fourth-order valence-corrected chi connectivity index (χ4v) is 5.39. The maximum absolute atomic E-state index is 6.74. The largest absolute Gasteiger partial charge is 0.371 e. The molecule has 1 saturated heterocycles. The monoisotopic (exact) mass is 513 g/mol. The molecule has 3 heterocycles. The van der Waals surface area contributed by atoms with Crippen molar-refractivity contribution in [2.45, 2.75) is 92.8 Å². The summed E-state index contributed by atoms with van der Waals surface area (Å²) in [6.45, 7) is 19.9. The Kier molecular flexibility index (Phi) is 8.62. The molecule has 0 saturated carbocycles. The Hall–Kier alpha value is -2.72. The minimum Gasteiger partial charge on any atom is -0.371 e. The summed E-state index contributed by atoms with van der Waals surface area (Å²) in [6.07, 6.45) is 8.39. The third-order valence-corrected chi connectivity index (χ3v) is 7.74. The maximum atomic E-state index is 6.74. The first-order valence-corrected chi connectivity index (χ1v) is 14.3. The molecule has 4 heteroatoms. The number of anilines is 1. The highest BCUT2D eigenvalue weighted by molar-refractivity contribution is 5.79. The Labute approximate surface area is 230 Å². The zero-order valence-electron chi connectivity index (χ0n) is 24.8. The molecule has 4 nitrogen and oxygen atoms in total. The van der Waals surface area contributed by atoms with E-state index in [4.69, 9.17) is 14.7 Å². The van der Waals surface area contributed by atoms with E-state index in [1.807, 2.05) is 12.4 Å². The molecule has 0 aliphatic carbocycles. The molecule has 0 spiro atoms. The van der Waals surface area contributed by atoms with E-state index in [1.165, 1.54) is 35.2 Å². The van der Waals surface area contributed by atoms with E-state index in [0.717, 1.165) is 42.9 Å². The van der Waals surface area contributed by atoms with Crippen molar-refractivity contribution < 1.29 is 4.74 Å². The van der Waals surface area contributed by atoms with Gasteiger partial charge in [0.1, 0.15) is 0 Å². The van der Waals surface area contributed by atoms with Gasteiger partial charge >= 0.3 is 0 Å². The average molecular weight is 514 g/mol. The molecule has 204 valence electrons. The van der Waals surface area contributed by atoms with Crippen LogP contribution in [0.5, 0.6) is 0 Å². The summed E-state index contributed by atoms with van der Waals surface area (Å²) in [7, 11) is 0. The van der Waals surface area contributed by atoms with E-state index in [-0.39, 0.29) is 11.7 Å². The van der Waals surface area contributed by atoms with E-state index >= 15 is 0 Å². The summed E-state index contributed by atoms with van der Waals surface area (Å²) >= 11 is 0. The summed E-state index contributed by atoms with van der Waals surface area (Å²) in [6, 6.07) is 15.1. The normalized spacial score (nSPS) is 16.6. The quantitative estimate of drug-likeness (QED) is 0.303. The Morgan fingerprint density at radius 2 is 1.55 bits per heavy atom. The van der Waals surface area contributed by atoms with E-state index in [9.17, 15) is 0 Å². The number of aromatic nitrogens is 2. The van der Waals surface area contributed by atoms with Gasteiger partial charge < -0.3 is 9.64 Å². The van der Waals surface area contributed by atoms with Crippen LogP contribution in [0.15, 0.2) is 54.9 Å². The molecule has 38 heavy (non-hydrogen) atoms. The van der Waals surface area contributed by atoms with Gasteiger partial charge in [0.15, 0.2) is 0 Å². The average Bonchev–Trinajstić information content (AvgIpc) is 2.86. The molecular formula is C34H47N3O. The van der Waals surface area contributed by atoms with Gasteiger partial charge in [0.05, 0.1) is 23.1 Å². The topological polar surface area (TPSA) is 38.2 Å². The van der Waals surface area contributed by atoms with Crippen molar-refractivity contribution in [1.82, 2.24) is 9.97 Å². The van der Waals surface area contributed by atoms with Gasteiger partial charge in [-0.2, -0.15) is 0 Å². The Balaban J connectivity index is 1.74. The van der Waals surface area contributed by atoms with Crippen molar-refractivity contribution in [3.63, 3.8) is 0 Å². The van der Waals surface area contributed by atoms with Crippen LogP contribution < -0.4 is 4.90 Å². The lowest BCUT2D eigenvalue weighted by Gasteiger charge is -2.41. The number of pyridine rings is 2. The third kappa shape index (κ3) is 7.02. The van der Waals surface area contributed by atoms with Gasteiger partial charge in [-0.05, 0) is 81.9 Å². The SMILES string of the molecule is Cc1ncc(-c2ccc(CCc3ccccc3)cn2)c(N2CCC(C)(C)CC2)c1C(OC(C)(C)C)C(C)C. The first kappa shape index (κ1) is 28.3. The lowest BCUT2D eigenvalue weighted by Crippen LogP contribution is -2.39. The second kappa shape index (κ2) is 11.6. The van der Waals surface area contributed by atoms with Crippen LogP contribution in [0.2, 0.25) is 0 Å². The molecule has 1 atom stereocenters. The molecule has 4 rings (SSSR count). The number of ether oxygens (including phenoxy) is 1. The predicted molar refractivity (Wildman–Crippen MR) is 160 cm³/mol. The summed E-state index contributed by atoms with van der Waals surface area (Å²) in [5.74, 6) is 0.318. The van der Waals surface area contributed by atoms with Crippen LogP contribution in [0.1, 0.15) is 89.8 Å². The Morgan fingerprint density at radius 1 is 0.895 bits per heavy atom. The first-order chi connectivity index (χ1) is 17.9. The van der Waals surface area contributed by atoms with Gasteiger partial charge in [-0.15, -0.1) is 0 Å². The lowest BCUT2D eigenvalue weighted by molar-refractivity contribution is -0.0817. The minimum absolute atomic E-state index is 0.0440.